The fourth-order valence-corrected chi connectivity index (χ4v) is 4.22. The third kappa shape index (κ3) is 2.83. The summed E-state index contributed by atoms with van der Waals surface area (Å²) in [6.45, 7) is 3.88. The zero-order valence-electron chi connectivity index (χ0n) is 13.6. The maximum Gasteiger partial charge on any atom is 0.261 e. The molecule has 1 atom stereocenters. The van der Waals surface area contributed by atoms with E-state index in [1.165, 1.54) is 11.3 Å². The van der Waals surface area contributed by atoms with Crippen LogP contribution in [0.15, 0.2) is 36.4 Å². The molecular weight excluding hydrogens is 320 g/mol. The van der Waals surface area contributed by atoms with Crippen molar-refractivity contribution in [1.82, 2.24) is 20.4 Å². The summed E-state index contributed by atoms with van der Waals surface area (Å²) in [5.74, 6) is 0.0175. The fourth-order valence-electron chi connectivity index (χ4n) is 3.13. The van der Waals surface area contributed by atoms with Crippen LogP contribution in [0.25, 0.3) is 15.9 Å². The molecule has 4 rings (SSSR count). The summed E-state index contributed by atoms with van der Waals surface area (Å²) in [4.78, 5) is 14.4. The van der Waals surface area contributed by atoms with Gasteiger partial charge in [-0.15, -0.1) is 11.3 Å². The molecule has 1 aromatic carbocycles. The van der Waals surface area contributed by atoms with Crippen LogP contribution in [0.3, 0.4) is 0 Å². The molecule has 1 amide bonds. The third-order valence-electron chi connectivity index (χ3n) is 4.40. The quantitative estimate of drug-likeness (QED) is 0.771. The van der Waals surface area contributed by atoms with Gasteiger partial charge in [-0.05, 0) is 44.5 Å². The number of piperidine rings is 1. The van der Waals surface area contributed by atoms with Gasteiger partial charge in [0.05, 0.1) is 16.3 Å². The smallest absolute Gasteiger partial charge is 0.261 e. The number of nitrogens with one attached hydrogen (secondary N) is 2. The minimum atomic E-state index is 0.0175. The lowest BCUT2D eigenvalue weighted by molar-refractivity contribution is 0.0935. The van der Waals surface area contributed by atoms with Crippen molar-refractivity contribution in [1.29, 1.82) is 0 Å². The van der Waals surface area contributed by atoms with Gasteiger partial charge in [0.15, 0.2) is 0 Å². The highest BCUT2D eigenvalue weighted by atomic mass is 32.1. The molecule has 3 heterocycles. The molecule has 6 heteroatoms. The van der Waals surface area contributed by atoms with E-state index in [1.54, 1.807) is 0 Å². The molecule has 5 nitrogen and oxygen atoms in total. The summed E-state index contributed by atoms with van der Waals surface area (Å²) in [7, 11) is 0. The first-order chi connectivity index (χ1) is 11.7. The molecule has 124 valence electrons. The molecule has 1 aliphatic heterocycles. The van der Waals surface area contributed by atoms with Gasteiger partial charge in [-0.25, -0.2) is 4.68 Å². The molecule has 0 aliphatic carbocycles. The van der Waals surface area contributed by atoms with Crippen LogP contribution in [0.4, 0.5) is 0 Å². The molecule has 0 spiro atoms. The summed E-state index contributed by atoms with van der Waals surface area (Å²) in [6.07, 6.45) is 2.15. The molecule has 1 aliphatic rings. The summed E-state index contributed by atoms with van der Waals surface area (Å²) in [6, 6.07) is 12.2. The third-order valence-corrected chi connectivity index (χ3v) is 5.51. The summed E-state index contributed by atoms with van der Waals surface area (Å²) >= 11 is 1.50. The van der Waals surface area contributed by atoms with Crippen LogP contribution < -0.4 is 10.6 Å². The van der Waals surface area contributed by atoms with Gasteiger partial charge < -0.3 is 10.6 Å². The van der Waals surface area contributed by atoms with Crippen LogP contribution in [-0.2, 0) is 0 Å². The highest BCUT2D eigenvalue weighted by Gasteiger charge is 2.20. The molecule has 2 aromatic heterocycles. The van der Waals surface area contributed by atoms with Crippen LogP contribution in [0.5, 0.6) is 0 Å². The second kappa shape index (κ2) is 6.37. The Bertz CT molecular complexity index is 862. The lowest BCUT2D eigenvalue weighted by Gasteiger charge is -2.23. The Kier molecular flexibility index (Phi) is 4.08. The Labute approximate surface area is 144 Å². The number of hydrogen-bond donors (Lipinski definition) is 2. The molecule has 24 heavy (non-hydrogen) atoms. The van der Waals surface area contributed by atoms with Gasteiger partial charge in [0.25, 0.3) is 5.91 Å². The largest absolute Gasteiger partial charge is 0.347 e. The number of hydrogen-bond acceptors (Lipinski definition) is 4. The van der Waals surface area contributed by atoms with E-state index in [1.807, 2.05) is 48.0 Å². The molecule has 1 fully saturated rings. The number of fused-ring (bicyclic) bond motifs is 1. The highest BCUT2D eigenvalue weighted by molar-refractivity contribution is 7.20. The van der Waals surface area contributed by atoms with Crippen LogP contribution >= 0.6 is 11.3 Å². The van der Waals surface area contributed by atoms with Crippen molar-refractivity contribution in [2.45, 2.75) is 25.8 Å². The zero-order valence-corrected chi connectivity index (χ0v) is 14.4. The molecule has 3 aromatic rings. The molecular formula is C18H20N4OS. The van der Waals surface area contributed by atoms with Crippen molar-refractivity contribution in [3.8, 4) is 5.69 Å². The lowest BCUT2D eigenvalue weighted by Crippen LogP contribution is -2.45. The highest BCUT2D eigenvalue weighted by Crippen LogP contribution is 2.30. The minimum Gasteiger partial charge on any atom is -0.347 e. The minimum absolute atomic E-state index is 0.0175. The van der Waals surface area contributed by atoms with Crippen LogP contribution in [0, 0.1) is 6.92 Å². The summed E-state index contributed by atoms with van der Waals surface area (Å²) in [5.41, 5.74) is 1.96. The van der Waals surface area contributed by atoms with E-state index in [4.69, 9.17) is 0 Å². The molecule has 0 unspecified atom stereocenters. The molecule has 0 radical (unpaired) electrons. The fraction of sp³-hybridized carbons (Fsp3) is 0.333. The zero-order chi connectivity index (χ0) is 16.5. The van der Waals surface area contributed by atoms with Gasteiger partial charge in [-0.2, -0.15) is 5.10 Å². The first-order valence-electron chi connectivity index (χ1n) is 8.28. The number of rotatable bonds is 3. The number of benzene rings is 1. The summed E-state index contributed by atoms with van der Waals surface area (Å²) in [5, 5.41) is 12.1. The first kappa shape index (κ1) is 15.4. The monoisotopic (exact) mass is 340 g/mol. The number of para-hydroxylation sites is 1. The first-order valence-corrected chi connectivity index (χ1v) is 9.10. The molecule has 0 bridgehead atoms. The lowest BCUT2D eigenvalue weighted by atomic mass is 10.1. The number of thiophene rings is 1. The van der Waals surface area contributed by atoms with E-state index in [9.17, 15) is 4.79 Å². The number of carbonyl (C=O) groups excluding carboxylic acids is 1. The van der Waals surface area contributed by atoms with Gasteiger partial charge >= 0.3 is 0 Å². The van der Waals surface area contributed by atoms with E-state index in [-0.39, 0.29) is 11.9 Å². The van der Waals surface area contributed by atoms with Crippen molar-refractivity contribution < 1.29 is 4.79 Å². The predicted molar refractivity (Wildman–Crippen MR) is 97.0 cm³/mol. The van der Waals surface area contributed by atoms with Gasteiger partial charge in [0, 0.05) is 18.0 Å². The number of carbonyl (C=O) groups is 1. The maximum absolute atomic E-state index is 12.6. The Morgan fingerprint density at radius 1 is 1.38 bits per heavy atom. The van der Waals surface area contributed by atoms with E-state index in [2.05, 4.69) is 15.7 Å². The van der Waals surface area contributed by atoms with E-state index >= 15 is 0 Å². The van der Waals surface area contributed by atoms with E-state index < -0.39 is 0 Å². The van der Waals surface area contributed by atoms with Crippen LogP contribution in [0.1, 0.15) is 28.2 Å². The Morgan fingerprint density at radius 2 is 2.21 bits per heavy atom. The van der Waals surface area contributed by atoms with Gasteiger partial charge in [0.2, 0.25) is 0 Å². The molecule has 1 saturated heterocycles. The average Bonchev–Trinajstić information content (AvgIpc) is 3.18. The Hall–Kier alpha value is -2.18. The van der Waals surface area contributed by atoms with E-state index in [0.717, 1.165) is 52.4 Å². The predicted octanol–water partition coefficient (Wildman–Crippen LogP) is 2.88. The standard InChI is InChI=1S/C18H20N4OS/c1-12-15-10-16(17(23)20-13-6-5-9-19-11-13)24-18(15)22(21-12)14-7-3-2-4-8-14/h2-4,7-8,10,13,19H,5-6,9,11H2,1H3,(H,20,23)/t13-/m0/s1. The van der Waals surface area contributed by atoms with Crippen LogP contribution in [-0.4, -0.2) is 34.8 Å². The second-order valence-corrected chi connectivity index (χ2v) is 7.21. The van der Waals surface area contributed by atoms with Gasteiger partial charge in [0.1, 0.15) is 4.83 Å². The normalized spacial score (nSPS) is 18.0. The average molecular weight is 340 g/mol. The summed E-state index contributed by atoms with van der Waals surface area (Å²) < 4.78 is 1.92. The van der Waals surface area contributed by atoms with Gasteiger partial charge in [-0.3, -0.25) is 4.79 Å². The number of aromatic nitrogens is 2. The Balaban J connectivity index is 1.64. The van der Waals surface area contributed by atoms with Crippen molar-refractivity contribution >= 4 is 27.5 Å². The topological polar surface area (TPSA) is 59.0 Å². The molecule has 0 saturated carbocycles. The number of nitrogens with zero attached hydrogens (tertiary/aromatic N) is 2. The molecule has 2 N–H and O–H groups in total. The van der Waals surface area contributed by atoms with Crippen molar-refractivity contribution in [2.75, 3.05) is 13.1 Å². The van der Waals surface area contributed by atoms with Crippen molar-refractivity contribution in [3.05, 3.63) is 47.0 Å². The van der Waals surface area contributed by atoms with Crippen LogP contribution in [0.2, 0.25) is 0 Å². The number of amides is 1. The van der Waals surface area contributed by atoms with Crippen molar-refractivity contribution in [3.63, 3.8) is 0 Å². The SMILES string of the molecule is Cc1nn(-c2ccccc2)c2sc(C(=O)N[C@H]3CCCNC3)cc12. The Morgan fingerprint density at radius 3 is 2.96 bits per heavy atom. The van der Waals surface area contributed by atoms with Gasteiger partial charge in [-0.1, -0.05) is 18.2 Å². The maximum atomic E-state index is 12.6. The number of aryl methyl sites for hydroxylation is 1. The van der Waals surface area contributed by atoms with E-state index in [0.29, 0.717) is 0 Å². The second-order valence-electron chi connectivity index (χ2n) is 6.18. The van der Waals surface area contributed by atoms with Crippen molar-refractivity contribution in [2.24, 2.45) is 0 Å².